The normalized spacial score (nSPS) is 11.0. The maximum Gasteiger partial charge on any atom is 0.293 e. The lowest BCUT2D eigenvalue weighted by atomic mass is 10.1. The van der Waals surface area contributed by atoms with E-state index in [2.05, 4.69) is 29.5 Å². The maximum atomic E-state index is 12.6. The summed E-state index contributed by atoms with van der Waals surface area (Å²) in [4.78, 5) is 17.2. The van der Waals surface area contributed by atoms with Crippen molar-refractivity contribution in [1.82, 2.24) is 10.3 Å². The Balaban J connectivity index is 1.27. The molecule has 0 saturated carbocycles. The van der Waals surface area contributed by atoms with Gasteiger partial charge in [-0.25, -0.2) is 4.98 Å². The number of anilines is 1. The number of carbonyl (C=O) groups is 1. The topological polar surface area (TPSA) is 80.3 Å². The van der Waals surface area contributed by atoms with Crippen LogP contribution in [0.3, 0.4) is 0 Å². The van der Waals surface area contributed by atoms with E-state index in [1.54, 1.807) is 48.5 Å². The predicted molar refractivity (Wildman–Crippen MR) is 147 cm³/mol. The van der Waals surface area contributed by atoms with Crippen LogP contribution in [0.1, 0.15) is 21.7 Å². The van der Waals surface area contributed by atoms with Gasteiger partial charge in [0.15, 0.2) is 16.5 Å². The van der Waals surface area contributed by atoms with E-state index < -0.39 is 5.91 Å². The van der Waals surface area contributed by atoms with E-state index in [4.69, 9.17) is 44.3 Å². The van der Waals surface area contributed by atoms with Gasteiger partial charge in [0.1, 0.15) is 11.3 Å². The number of fused-ring (bicyclic) bond motifs is 1. The first-order valence-corrected chi connectivity index (χ1v) is 12.1. The number of nitrogens with zero attached hydrogens (tertiary/aromatic N) is 1. The van der Waals surface area contributed by atoms with E-state index in [1.807, 2.05) is 18.2 Å². The van der Waals surface area contributed by atoms with E-state index in [-0.39, 0.29) is 10.9 Å². The van der Waals surface area contributed by atoms with Crippen LogP contribution in [0.4, 0.5) is 5.69 Å². The summed E-state index contributed by atoms with van der Waals surface area (Å²) in [6.45, 7) is 4.11. The molecule has 2 aromatic heterocycles. The average Bonchev–Trinajstić information content (AvgIpc) is 3.50. The highest BCUT2D eigenvalue weighted by atomic mass is 35.5. The van der Waals surface area contributed by atoms with Crippen LogP contribution in [0, 0.1) is 13.8 Å². The third-order valence-electron chi connectivity index (χ3n) is 5.66. The molecule has 2 N–H and O–H groups in total. The summed E-state index contributed by atoms with van der Waals surface area (Å²) in [5.74, 6) is 0.633. The molecule has 5 rings (SSSR count). The third-order valence-corrected chi connectivity index (χ3v) is 6.60. The van der Waals surface area contributed by atoms with Crippen LogP contribution < -0.4 is 10.6 Å². The summed E-state index contributed by atoms with van der Waals surface area (Å²) in [6.07, 6.45) is 0. The SMILES string of the molecule is Cc1ccc(-c2nc3cc(NC(=S)NC(=O)c4ccc(-c5ccc(Cl)c(Cl)c5)o4)ccc3o2)cc1C. The molecule has 0 bridgehead atoms. The van der Waals surface area contributed by atoms with Crippen molar-refractivity contribution in [3.8, 4) is 22.8 Å². The number of halogens is 2. The molecular weight excluding hydrogens is 517 g/mol. The first-order valence-electron chi connectivity index (χ1n) is 10.9. The molecule has 3 aromatic carbocycles. The highest BCUT2D eigenvalue weighted by molar-refractivity contribution is 7.80. The Morgan fingerprint density at radius 1 is 0.861 bits per heavy atom. The third kappa shape index (κ3) is 4.99. The molecule has 0 atom stereocenters. The van der Waals surface area contributed by atoms with Crippen molar-refractivity contribution < 1.29 is 13.6 Å². The van der Waals surface area contributed by atoms with Crippen molar-refractivity contribution in [1.29, 1.82) is 0 Å². The van der Waals surface area contributed by atoms with Gasteiger partial charge in [-0.1, -0.05) is 29.3 Å². The lowest BCUT2D eigenvalue weighted by Crippen LogP contribution is -2.33. The number of hydrogen-bond acceptors (Lipinski definition) is 5. The number of aryl methyl sites for hydroxylation is 2. The van der Waals surface area contributed by atoms with Crippen LogP contribution in [0.15, 0.2) is 75.6 Å². The first-order chi connectivity index (χ1) is 17.3. The summed E-state index contributed by atoms with van der Waals surface area (Å²) in [7, 11) is 0. The predicted octanol–water partition coefficient (Wildman–Crippen LogP) is 7.81. The van der Waals surface area contributed by atoms with Gasteiger partial charge in [0.05, 0.1) is 10.0 Å². The van der Waals surface area contributed by atoms with Gasteiger partial charge in [-0.15, -0.1) is 0 Å². The average molecular weight is 536 g/mol. The lowest BCUT2D eigenvalue weighted by molar-refractivity contribution is 0.0951. The monoisotopic (exact) mass is 535 g/mol. The smallest absolute Gasteiger partial charge is 0.293 e. The van der Waals surface area contributed by atoms with E-state index in [1.165, 1.54) is 11.1 Å². The van der Waals surface area contributed by atoms with Crippen molar-refractivity contribution in [2.24, 2.45) is 0 Å². The molecule has 0 saturated heterocycles. The second-order valence-electron chi connectivity index (χ2n) is 8.20. The molecule has 6 nitrogen and oxygen atoms in total. The van der Waals surface area contributed by atoms with Crippen molar-refractivity contribution >= 4 is 63.2 Å². The molecule has 2 heterocycles. The largest absolute Gasteiger partial charge is 0.451 e. The van der Waals surface area contributed by atoms with Crippen molar-refractivity contribution in [3.05, 3.63) is 93.7 Å². The van der Waals surface area contributed by atoms with E-state index in [0.29, 0.717) is 44.0 Å². The van der Waals surface area contributed by atoms with Gasteiger partial charge in [-0.05, 0) is 97.9 Å². The molecule has 0 spiro atoms. The van der Waals surface area contributed by atoms with Crippen molar-refractivity contribution in [3.63, 3.8) is 0 Å². The van der Waals surface area contributed by atoms with Gasteiger partial charge in [-0.3, -0.25) is 10.1 Å². The summed E-state index contributed by atoms with van der Waals surface area (Å²) in [6, 6.07) is 19.8. The quantitative estimate of drug-likeness (QED) is 0.228. The number of rotatable bonds is 4. The van der Waals surface area contributed by atoms with Gasteiger partial charge in [0.25, 0.3) is 5.91 Å². The van der Waals surface area contributed by atoms with Crippen LogP contribution in [0.5, 0.6) is 0 Å². The van der Waals surface area contributed by atoms with Crippen LogP contribution in [0.25, 0.3) is 33.9 Å². The van der Waals surface area contributed by atoms with Crippen LogP contribution >= 0.6 is 35.4 Å². The molecule has 0 aliphatic rings. The Morgan fingerprint density at radius 3 is 2.44 bits per heavy atom. The van der Waals surface area contributed by atoms with E-state index >= 15 is 0 Å². The highest BCUT2D eigenvalue weighted by Crippen LogP contribution is 2.30. The summed E-state index contributed by atoms with van der Waals surface area (Å²) in [5.41, 5.74) is 5.95. The fraction of sp³-hybridized carbons (Fsp3) is 0.0741. The molecule has 0 fully saturated rings. The number of aromatic nitrogens is 1. The number of hydrogen-bond donors (Lipinski definition) is 2. The number of benzene rings is 3. The number of nitrogens with one attached hydrogen (secondary N) is 2. The summed E-state index contributed by atoms with van der Waals surface area (Å²) < 4.78 is 11.6. The molecule has 1 amide bonds. The van der Waals surface area contributed by atoms with Gasteiger partial charge in [0, 0.05) is 16.8 Å². The zero-order chi connectivity index (χ0) is 25.4. The van der Waals surface area contributed by atoms with Crippen molar-refractivity contribution in [2.75, 3.05) is 5.32 Å². The second kappa shape index (κ2) is 9.78. The van der Waals surface area contributed by atoms with Crippen LogP contribution in [-0.4, -0.2) is 16.0 Å². The Morgan fingerprint density at radius 2 is 1.67 bits per heavy atom. The molecule has 5 aromatic rings. The Bertz CT molecular complexity index is 1640. The Kier molecular flexibility index (Phi) is 6.53. The number of oxazole rings is 1. The maximum absolute atomic E-state index is 12.6. The minimum Gasteiger partial charge on any atom is -0.451 e. The van der Waals surface area contributed by atoms with Gasteiger partial charge in [0.2, 0.25) is 5.89 Å². The molecule has 36 heavy (non-hydrogen) atoms. The van der Waals surface area contributed by atoms with Crippen molar-refractivity contribution in [2.45, 2.75) is 13.8 Å². The molecule has 0 unspecified atom stereocenters. The van der Waals surface area contributed by atoms with E-state index in [9.17, 15) is 4.79 Å². The number of furan rings is 1. The van der Waals surface area contributed by atoms with Gasteiger partial charge >= 0.3 is 0 Å². The van der Waals surface area contributed by atoms with E-state index in [0.717, 1.165) is 5.56 Å². The Hall–Kier alpha value is -3.65. The van der Waals surface area contributed by atoms with Crippen LogP contribution in [-0.2, 0) is 0 Å². The van der Waals surface area contributed by atoms with Gasteiger partial charge in [-0.2, -0.15) is 0 Å². The minimum absolute atomic E-state index is 0.102. The molecule has 0 aliphatic carbocycles. The summed E-state index contributed by atoms with van der Waals surface area (Å²) >= 11 is 17.3. The zero-order valence-electron chi connectivity index (χ0n) is 19.2. The number of amides is 1. The fourth-order valence-corrected chi connectivity index (χ4v) is 4.10. The molecule has 0 aliphatic heterocycles. The fourth-order valence-electron chi connectivity index (χ4n) is 3.59. The highest BCUT2D eigenvalue weighted by Gasteiger charge is 2.15. The molecule has 9 heteroatoms. The standard InChI is InChI=1S/C27H19Cl2N3O3S/c1-14-3-4-17(11-15(14)2)26-31-21-13-18(6-8-23(21)35-26)30-27(36)32-25(33)24-10-9-22(34-24)16-5-7-19(28)20(29)12-16/h3-13H,1-2H3,(H2,30,32,33,36). The second-order valence-corrected chi connectivity index (χ2v) is 9.42. The molecular formula is C27H19Cl2N3O3S. The minimum atomic E-state index is -0.488. The number of carbonyl (C=O) groups excluding carboxylic acids is 1. The molecule has 0 radical (unpaired) electrons. The lowest BCUT2D eigenvalue weighted by Gasteiger charge is -2.08. The molecule has 180 valence electrons. The Labute approximate surface area is 222 Å². The first kappa shape index (κ1) is 24.1. The zero-order valence-corrected chi connectivity index (χ0v) is 21.5. The van der Waals surface area contributed by atoms with Gasteiger partial charge < -0.3 is 14.2 Å². The van der Waals surface area contributed by atoms with Crippen LogP contribution in [0.2, 0.25) is 10.0 Å². The number of thiocarbonyl (C=S) groups is 1. The summed E-state index contributed by atoms with van der Waals surface area (Å²) in [5, 5.41) is 6.56.